The Balaban J connectivity index is 2.02. The summed E-state index contributed by atoms with van der Waals surface area (Å²) in [6.07, 6.45) is 0.986. The molecular weight excluding hydrogens is 252 g/mol. The molecule has 1 aliphatic rings. The van der Waals surface area contributed by atoms with Gasteiger partial charge in [-0.1, -0.05) is 38.1 Å². The number of carbonyl (C=O) groups excluding carboxylic acids is 2. The van der Waals surface area contributed by atoms with Gasteiger partial charge in [-0.2, -0.15) is 0 Å². The number of benzene rings is 1. The number of amides is 1. The summed E-state index contributed by atoms with van der Waals surface area (Å²) in [6.45, 7) is 7.05. The van der Waals surface area contributed by atoms with Gasteiger partial charge in [-0.3, -0.25) is 9.59 Å². The molecule has 1 amide bonds. The first-order valence-electron chi connectivity index (χ1n) is 7.21. The summed E-state index contributed by atoms with van der Waals surface area (Å²) in [5.74, 6) is -0.204. The van der Waals surface area contributed by atoms with Crippen molar-refractivity contribution in [3.8, 4) is 0 Å². The van der Waals surface area contributed by atoms with Gasteiger partial charge in [0, 0.05) is 31.7 Å². The molecule has 0 saturated carbocycles. The minimum atomic E-state index is -0.400. The van der Waals surface area contributed by atoms with E-state index in [2.05, 4.69) is 19.2 Å². The lowest BCUT2D eigenvalue weighted by Crippen LogP contribution is -2.48. The number of ketones is 1. The van der Waals surface area contributed by atoms with Crippen LogP contribution in [0.4, 0.5) is 0 Å². The molecular formula is C16H22N2O2. The van der Waals surface area contributed by atoms with Crippen molar-refractivity contribution in [2.24, 2.45) is 5.92 Å². The van der Waals surface area contributed by atoms with Crippen LogP contribution < -0.4 is 5.32 Å². The average Bonchev–Trinajstić information content (AvgIpc) is 2.47. The Kier molecular flexibility index (Phi) is 4.90. The maximum absolute atomic E-state index is 12.2. The van der Waals surface area contributed by atoms with Crippen LogP contribution in [0.5, 0.6) is 0 Å². The smallest absolute Gasteiger partial charge is 0.295 e. The van der Waals surface area contributed by atoms with E-state index in [1.54, 1.807) is 17.0 Å². The minimum Gasteiger partial charge on any atom is -0.333 e. The summed E-state index contributed by atoms with van der Waals surface area (Å²) in [5.41, 5.74) is 1.69. The van der Waals surface area contributed by atoms with Gasteiger partial charge < -0.3 is 10.2 Å². The molecule has 0 unspecified atom stereocenters. The van der Waals surface area contributed by atoms with Crippen molar-refractivity contribution < 1.29 is 9.59 Å². The lowest BCUT2D eigenvalue weighted by molar-refractivity contribution is -0.126. The van der Waals surface area contributed by atoms with Crippen molar-refractivity contribution in [3.05, 3.63) is 35.4 Å². The van der Waals surface area contributed by atoms with E-state index in [0.29, 0.717) is 24.6 Å². The zero-order valence-corrected chi connectivity index (χ0v) is 12.2. The fraction of sp³-hybridized carbons (Fsp3) is 0.500. The Morgan fingerprint density at radius 3 is 2.30 bits per heavy atom. The molecule has 0 bridgehead atoms. The van der Waals surface area contributed by atoms with Crippen LogP contribution in [0.3, 0.4) is 0 Å². The van der Waals surface area contributed by atoms with Crippen molar-refractivity contribution >= 4 is 11.7 Å². The van der Waals surface area contributed by atoms with Crippen LogP contribution in [0.15, 0.2) is 24.3 Å². The van der Waals surface area contributed by atoms with Crippen LogP contribution in [0.1, 0.15) is 29.8 Å². The zero-order valence-electron chi connectivity index (χ0n) is 12.2. The molecule has 1 aromatic rings. The van der Waals surface area contributed by atoms with E-state index in [4.69, 9.17) is 0 Å². The van der Waals surface area contributed by atoms with Crippen molar-refractivity contribution in [3.63, 3.8) is 0 Å². The second kappa shape index (κ2) is 6.66. The predicted octanol–water partition coefficient (Wildman–Crippen LogP) is 1.50. The average molecular weight is 274 g/mol. The molecule has 1 heterocycles. The van der Waals surface area contributed by atoms with Crippen LogP contribution in [-0.4, -0.2) is 42.8 Å². The molecule has 0 atom stereocenters. The number of nitrogens with zero attached hydrogens (tertiary/aromatic N) is 1. The van der Waals surface area contributed by atoms with Gasteiger partial charge in [0.05, 0.1) is 0 Å². The monoisotopic (exact) mass is 274 g/mol. The molecule has 1 fully saturated rings. The molecule has 0 aliphatic carbocycles. The third kappa shape index (κ3) is 3.67. The van der Waals surface area contributed by atoms with E-state index in [1.165, 1.54) is 5.56 Å². The molecule has 1 N–H and O–H groups in total. The number of piperazine rings is 1. The van der Waals surface area contributed by atoms with Gasteiger partial charge in [-0.15, -0.1) is 0 Å². The topological polar surface area (TPSA) is 49.4 Å². The highest BCUT2D eigenvalue weighted by Gasteiger charge is 2.24. The van der Waals surface area contributed by atoms with E-state index >= 15 is 0 Å². The third-order valence-electron chi connectivity index (χ3n) is 3.46. The Labute approximate surface area is 120 Å². The number of hydrogen-bond acceptors (Lipinski definition) is 3. The SMILES string of the molecule is CC(C)Cc1ccc(C(=O)C(=O)N2CCNCC2)cc1. The van der Waals surface area contributed by atoms with Gasteiger partial charge in [0.15, 0.2) is 0 Å². The first kappa shape index (κ1) is 14.7. The highest BCUT2D eigenvalue weighted by molar-refractivity contribution is 6.42. The maximum atomic E-state index is 12.2. The molecule has 20 heavy (non-hydrogen) atoms. The Hall–Kier alpha value is -1.68. The largest absolute Gasteiger partial charge is 0.333 e. The number of hydrogen-bond donors (Lipinski definition) is 1. The predicted molar refractivity (Wildman–Crippen MR) is 78.8 cm³/mol. The maximum Gasteiger partial charge on any atom is 0.295 e. The summed E-state index contributed by atoms with van der Waals surface area (Å²) in [7, 11) is 0. The molecule has 0 aromatic heterocycles. The highest BCUT2D eigenvalue weighted by atomic mass is 16.2. The van der Waals surface area contributed by atoms with Crippen LogP contribution >= 0.6 is 0 Å². The molecule has 108 valence electrons. The number of Topliss-reactive ketones (excluding diaryl/α,β-unsaturated/α-hetero) is 1. The van der Waals surface area contributed by atoms with Crippen LogP contribution in [-0.2, 0) is 11.2 Å². The second-order valence-corrected chi connectivity index (χ2v) is 5.67. The van der Waals surface area contributed by atoms with E-state index < -0.39 is 5.78 Å². The van der Waals surface area contributed by atoms with Crippen molar-refractivity contribution in [2.45, 2.75) is 20.3 Å². The number of nitrogens with one attached hydrogen (secondary N) is 1. The quantitative estimate of drug-likeness (QED) is 0.668. The van der Waals surface area contributed by atoms with Crippen LogP contribution in [0, 0.1) is 5.92 Å². The fourth-order valence-corrected chi connectivity index (χ4v) is 2.40. The van der Waals surface area contributed by atoms with Gasteiger partial charge in [-0.05, 0) is 17.9 Å². The van der Waals surface area contributed by atoms with E-state index in [-0.39, 0.29) is 5.91 Å². The van der Waals surface area contributed by atoms with Gasteiger partial charge in [-0.25, -0.2) is 0 Å². The van der Waals surface area contributed by atoms with Gasteiger partial charge in [0.25, 0.3) is 5.91 Å². The summed E-state index contributed by atoms with van der Waals surface area (Å²) in [4.78, 5) is 25.9. The standard InChI is InChI=1S/C16H22N2O2/c1-12(2)11-13-3-5-14(6-4-13)15(19)16(20)18-9-7-17-8-10-18/h3-6,12,17H,7-11H2,1-2H3. The van der Waals surface area contributed by atoms with E-state index in [1.807, 2.05) is 12.1 Å². The van der Waals surface area contributed by atoms with E-state index in [0.717, 1.165) is 19.5 Å². The lowest BCUT2D eigenvalue weighted by atomic mass is 10.0. The minimum absolute atomic E-state index is 0.386. The molecule has 1 saturated heterocycles. The molecule has 4 heteroatoms. The van der Waals surface area contributed by atoms with Crippen LogP contribution in [0.2, 0.25) is 0 Å². The summed E-state index contributed by atoms with van der Waals surface area (Å²) >= 11 is 0. The number of rotatable bonds is 4. The summed E-state index contributed by atoms with van der Waals surface area (Å²) in [6, 6.07) is 7.41. The molecule has 0 radical (unpaired) electrons. The molecule has 1 aromatic carbocycles. The summed E-state index contributed by atoms with van der Waals surface area (Å²) < 4.78 is 0. The number of carbonyl (C=O) groups is 2. The second-order valence-electron chi connectivity index (χ2n) is 5.67. The molecule has 2 rings (SSSR count). The lowest BCUT2D eigenvalue weighted by Gasteiger charge is -2.26. The Morgan fingerprint density at radius 2 is 1.75 bits per heavy atom. The van der Waals surface area contributed by atoms with Crippen LogP contribution in [0.25, 0.3) is 0 Å². The zero-order chi connectivity index (χ0) is 14.5. The fourth-order valence-electron chi connectivity index (χ4n) is 2.40. The first-order chi connectivity index (χ1) is 9.58. The van der Waals surface area contributed by atoms with Crippen molar-refractivity contribution in [2.75, 3.05) is 26.2 Å². The third-order valence-corrected chi connectivity index (χ3v) is 3.46. The van der Waals surface area contributed by atoms with Gasteiger partial charge >= 0.3 is 0 Å². The van der Waals surface area contributed by atoms with Crippen molar-refractivity contribution in [1.29, 1.82) is 0 Å². The van der Waals surface area contributed by atoms with Crippen molar-refractivity contribution in [1.82, 2.24) is 10.2 Å². The normalized spacial score (nSPS) is 15.4. The van der Waals surface area contributed by atoms with E-state index in [9.17, 15) is 9.59 Å². The first-order valence-corrected chi connectivity index (χ1v) is 7.21. The van der Waals surface area contributed by atoms with Gasteiger partial charge in [0.2, 0.25) is 5.78 Å². The Bertz CT molecular complexity index is 474. The molecule has 4 nitrogen and oxygen atoms in total. The summed E-state index contributed by atoms with van der Waals surface area (Å²) in [5, 5.41) is 3.17. The molecule has 1 aliphatic heterocycles. The molecule has 0 spiro atoms. The van der Waals surface area contributed by atoms with Gasteiger partial charge in [0.1, 0.15) is 0 Å². The Morgan fingerprint density at radius 1 is 1.15 bits per heavy atom. The highest BCUT2D eigenvalue weighted by Crippen LogP contribution is 2.11.